The molecule has 3 atom stereocenters. The number of carbonyl (C=O) groups excluding carboxylic acids is 3. The molecule has 0 radical (unpaired) electrons. The lowest BCUT2D eigenvalue weighted by atomic mass is 10.0. The van der Waals surface area contributed by atoms with Crippen LogP contribution in [0.25, 0.3) is 10.4 Å². The van der Waals surface area contributed by atoms with Gasteiger partial charge in [0.1, 0.15) is 24.4 Å². The smallest absolute Gasteiger partial charge is 0.408 e. The summed E-state index contributed by atoms with van der Waals surface area (Å²) in [6.07, 6.45) is 1.93. The number of fused-ring (bicyclic) bond motifs is 14. The van der Waals surface area contributed by atoms with Gasteiger partial charge in [0.2, 0.25) is 11.8 Å². The molecule has 0 aliphatic carbocycles. The zero-order valence-corrected chi connectivity index (χ0v) is 23.0. The molecule has 0 unspecified atom stereocenters. The monoisotopic (exact) mass is 550 g/mol. The maximum atomic E-state index is 13.5. The molecule has 3 N–H and O–H groups in total. The molecule has 2 heterocycles. The Morgan fingerprint density at radius 2 is 1.85 bits per heavy atom. The van der Waals surface area contributed by atoms with Crippen molar-refractivity contribution in [2.24, 2.45) is 11.0 Å². The third-order valence-corrected chi connectivity index (χ3v) is 6.45. The average molecular weight is 551 g/mol. The highest BCUT2D eigenvalue weighted by Gasteiger charge is 2.29. The molecule has 2 aromatic rings. The first-order valence-electron chi connectivity index (χ1n) is 13.6. The number of nitrogens with one attached hydrogen (secondary N) is 3. The van der Waals surface area contributed by atoms with E-state index >= 15 is 0 Å². The Labute approximate surface area is 234 Å². The number of amides is 3. The van der Waals surface area contributed by atoms with E-state index in [0.29, 0.717) is 25.2 Å². The predicted molar refractivity (Wildman–Crippen MR) is 150 cm³/mol. The van der Waals surface area contributed by atoms with Gasteiger partial charge in [-0.2, -0.15) is 0 Å². The number of ether oxygens (including phenoxy) is 2. The summed E-state index contributed by atoms with van der Waals surface area (Å²) in [5, 5.41) is 12.1. The van der Waals surface area contributed by atoms with Crippen LogP contribution < -0.4 is 20.7 Å². The van der Waals surface area contributed by atoms with E-state index in [4.69, 9.17) is 15.0 Å². The molecule has 0 spiro atoms. The van der Waals surface area contributed by atoms with Crippen LogP contribution in [0.2, 0.25) is 0 Å². The maximum Gasteiger partial charge on any atom is 0.408 e. The van der Waals surface area contributed by atoms with E-state index in [-0.39, 0.29) is 37.4 Å². The summed E-state index contributed by atoms with van der Waals surface area (Å²) in [4.78, 5) is 42.3. The van der Waals surface area contributed by atoms with Gasteiger partial charge >= 0.3 is 6.09 Å². The van der Waals surface area contributed by atoms with Crippen LogP contribution in [0, 0.1) is 5.92 Å². The number of benzene rings is 2. The number of alkyl carbamates (subject to hydrolysis) is 1. The molecule has 0 saturated carbocycles. The van der Waals surface area contributed by atoms with Crippen molar-refractivity contribution in [2.45, 2.75) is 70.7 Å². The SMILES string of the molecule is CC(C)C[C@@H]1NC(=O)[C@@H](NC(=O)OCc2ccccc2)Cc2ccc(cc2)OCCCC[C@@H](CN=[N+]=[N-])NC1=O. The molecular formula is C29H38N6O5. The normalized spacial score (nSPS) is 20.3. The molecule has 0 saturated heterocycles. The molecule has 2 aromatic carbocycles. The number of nitrogens with zero attached hydrogens (tertiary/aromatic N) is 3. The van der Waals surface area contributed by atoms with Crippen molar-refractivity contribution in [3.63, 3.8) is 0 Å². The topological polar surface area (TPSA) is 155 Å². The summed E-state index contributed by atoms with van der Waals surface area (Å²) >= 11 is 0. The quantitative estimate of drug-likeness (QED) is 0.265. The van der Waals surface area contributed by atoms with E-state index in [1.807, 2.05) is 68.4 Å². The summed E-state index contributed by atoms with van der Waals surface area (Å²) < 4.78 is 11.2. The Balaban J connectivity index is 1.81. The highest BCUT2D eigenvalue weighted by molar-refractivity contribution is 5.91. The minimum absolute atomic E-state index is 0.0536. The largest absolute Gasteiger partial charge is 0.494 e. The molecule has 0 fully saturated rings. The third-order valence-electron chi connectivity index (χ3n) is 6.45. The second-order valence-corrected chi connectivity index (χ2v) is 10.3. The molecule has 40 heavy (non-hydrogen) atoms. The van der Waals surface area contributed by atoms with Crippen LogP contribution >= 0.6 is 0 Å². The van der Waals surface area contributed by atoms with Gasteiger partial charge < -0.3 is 25.4 Å². The Bertz CT molecular complexity index is 1150. The molecule has 11 nitrogen and oxygen atoms in total. The fourth-order valence-corrected chi connectivity index (χ4v) is 4.38. The summed E-state index contributed by atoms with van der Waals surface area (Å²) in [5.74, 6) is -0.0725. The second-order valence-electron chi connectivity index (χ2n) is 10.3. The van der Waals surface area contributed by atoms with Gasteiger partial charge in [-0.05, 0) is 60.4 Å². The molecule has 2 aliphatic rings. The van der Waals surface area contributed by atoms with Crippen molar-refractivity contribution in [1.82, 2.24) is 16.0 Å². The van der Waals surface area contributed by atoms with E-state index in [2.05, 4.69) is 26.0 Å². The fraction of sp³-hybridized carbons (Fsp3) is 0.483. The van der Waals surface area contributed by atoms with Crippen molar-refractivity contribution in [2.75, 3.05) is 13.2 Å². The zero-order valence-electron chi connectivity index (χ0n) is 23.0. The van der Waals surface area contributed by atoms with Crippen LogP contribution in [-0.4, -0.2) is 49.2 Å². The van der Waals surface area contributed by atoms with E-state index in [1.54, 1.807) is 0 Å². The third kappa shape index (κ3) is 10.5. The van der Waals surface area contributed by atoms with Crippen molar-refractivity contribution in [3.8, 4) is 5.75 Å². The number of hydrogen-bond acceptors (Lipinski definition) is 6. The lowest BCUT2D eigenvalue weighted by Crippen LogP contribution is -2.56. The van der Waals surface area contributed by atoms with E-state index < -0.39 is 24.1 Å². The molecule has 11 heteroatoms. The number of rotatable bonds is 7. The highest BCUT2D eigenvalue weighted by atomic mass is 16.5. The first-order chi connectivity index (χ1) is 19.3. The first kappa shape index (κ1) is 30.3. The van der Waals surface area contributed by atoms with Gasteiger partial charge in [-0.25, -0.2) is 4.79 Å². The highest BCUT2D eigenvalue weighted by Crippen LogP contribution is 2.16. The van der Waals surface area contributed by atoms with Crippen molar-refractivity contribution >= 4 is 17.9 Å². The molecule has 2 aliphatic heterocycles. The van der Waals surface area contributed by atoms with Crippen LogP contribution in [0.15, 0.2) is 59.7 Å². The van der Waals surface area contributed by atoms with Crippen molar-refractivity contribution in [3.05, 3.63) is 76.2 Å². The van der Waals surface area contributed by atoms with Gasteiger partial charge in [0.05, 0.1) is 6.61 Å². The Morgan fingerprint density at radius 3 is 2.55 bits per heavy atom. The van der Waals surface area contributed by atoms with Gasteiger partial charge in [-0.1, -0.05) is 61.4 Å². The molecule has 3 amide bonds. The number of azide groups is 1. The second kappa shape index (κ2) is 16.0. The average Bonchev–Trinajstić information content (AvgIpc) is 2.94. The van der Waals surface area contributed by atoms with Gasteiger partial charge in [-0.3, -0.25) is 9.59 Å². The minimum atomic E-state index is -0.993. The maximum absolute atomic E-state index is 13.5. The van der Waals surface area contributed by atoms with E-state index in [0.717, 1.165) is 24.0 Å². The fourth-order valence-electron chi connectivity index (χ4n) is 4.38. The first-order valence-corrected chi connectivity index (χ1v) is 13.6. The molecule has 4 rings (SSSR count). The predicted octanol–water partition coefficient (Wildman–Crippen LogP) is 4.41. The number of hydrogen-bond donors (Lipinski definition) is 3. The van der Waals surface area contributed by atoms with Gasteiger partial charge in [0, 0.05) is 23.9 Å². The summed E-state index contributed by atoms with van der Waals surface area (Å²) in [6.45, 7) is 4.56. The van der Waals surface area contributed by atoms with E-state index in [1.165, 1.54) is 0 Å². The van der Waals surface area contributed by atoms with Crippen LogP contribution in [0.3, 0.4) is 0 Å². The summed E-state index contributed by atoms with van der Waals surface area (Å²) in [5.41, 5.74) is 10.4. The standard InChI is InChI=1S/C29H38N6O5/c1-20(2)16-25-27(36)32-23(18-31-35-30)10-6-7-15-39-24-13-11-21(12-14-24)17-26(28(37)33-25)34-29(38)40-19-22-8-4-3-5-9-22/h3-5,8-9,11-14,20,23,25-26H,6-7,10,15-19H2,1-2H3,(H,32,36)(H,33,37)(H,34,38)/t23-,25-,26-/m0/s1. The Morgan fingerprint density at radius 1 is 1.10 bits per heavy atom. The van der Waals surface area contributed by atoms with E-state index in [9.17, 15) is 14.4 Å². The van der Waals surface area contributed by atoms with Crippen LogP contribution in [0.1, 0.15) is 50.7 Å². The lowest BCUT2D eigenvalue weighted by Gasteiger charge is -2.26. The lowest BCUT2D eigenvalue weighted by molar-refractivity contribution is -0.130. The van der Waals surface area contributed by atoms with Gasteiger partial charge in [0.25, 0.3) is 0 Å². The van der Waals surface area contributed by atoms with Crippen molar-refractivity contribution in [1.29, 1.82) is 0 Å². The number of carbonyl (C=O) groups is 3. The van der Waals surface area contributed by atoms with Gasteiger partial charge in [-0.15, -0.1) is 0 Å². The zero-order chi connectivity index (χ0) is 28.7. The molecule has 214 valence electrons. The van der Waals surface area contributed by atoms with Crippen molar-refractivity contribution < 1.29 is 23.9 Å². The van der Waals surface area contributed by atoms with Crippen LogP contribution in [0.4, 0.5) is 4.79 Å². The van der Waals surface area contributed by atoms with Crippen LogP contribution in [-0.2, 0) is 27.4 Å². The Hall–Kier alpha value is -4.24. The molecule has 2 bridgehead atoms. The van der Waals surface area contributed by atoms with Gasteiger partial charge in [0.15, 0.2) is 0 Å². The molecular weight excluding hydrogens is 512 g/mol. The van der Waals surface area contributed by atoms with Crippen LogP contribution in [0.5, 0.6) is 5.75 Å². The minimum Gasteiger partial charge on any atom is -0.494 e. The molecule has 0 aromatic heterocycles. The Kier molecular flexibility index (Phi) is 12.1. The summed E-state index contributed by atoms with van der Waals surface area (Å²) in [6, 6.07) is 14.4. The summed E-state index contributed by atoms with van der Waals surface area (Å²) in [7, 11) is 0.